The first-order valence-electron chi connectivity index (χ1n) is 8.38. The Kier molecular flexibility index (Phi) is 3.39. The number of carbonyl (C=O) groups excluding carboxylic acids is 1. The van der Waals surface area contributed by atoms with Crippen LogP contribution in [0.4, 0.5) is 5.69 Å². The molecule has 0 atom stereocenters. The number of benzene rings is 2. The standard InChI is InChI=1S/C21H13ClN4O/c22-13-7-5-12(6-8-13)19-15-9-10-26-20(15)18(16(11-24-26)21(23)27)14-3-1-2-4-17(14)25-19/h1-11H,(H2,23,27). The van der Waals surface area contributed by atoms with Crippen LogP contribution in [0.2, 0.25) is 5.02 Å². The van der Waals surface area contributed by atoms with Gasteiger partial charge in [-0.2, -0.15) is 5.10 Å². The second-order valence-corrected chi connectivity index (χ2v) is 6.74. The van der Waals surface area contributed by atoms with E-state index in [0.29, 0.717) is 10.6 Å². The Morgan fingerprint density at radius 2 is 1.78 bits per heavy atom. The maximum atomic E-state index is 12.1. The van der Waals surface area contributed by atoms with Gasteiger partial charge < -0.3 is 5.73 Å². The van der Waals surface area contributed by atoms with Crippen molar-refractivity contribution in [2.75, 3.05) is 0 Å². The molecule has 0 fully saturated rings. The lowest BCUT2D eigenvalue weighted by atomic mass is 9.97. The maximum Gasteiger partial charge on any atom is 0.251 e. The molecule has 0 radical (unpaired) electrons. The molecule has 6 heteroatoms. The highest BCUT2D eigenvalue weighted by molar-refractivity contribution is 6.31. The molecule has 0 bridgehead atoms. The van der Waals surface area contributed by atoms with Crippen molar-refractivity contribution < 1.29 is 4.79 Å². The number of hydrogen-bond donors (Lipinski definition) is 1. The fourth-order valence-electron chi connectivity index (χ4n) is 3.52. The lowest BCUT2D eigenvalue weighted by Crippen LogP contribution is -2.14. The summed E-state index contributed by atoms with van der Waals surface area (Å²) in [6.07, 6.45) is 3.37. The van der Waals surface area contributed by atoms with Crippen LogP contribution >= 0.6 is 11.6 Å². The number of aromatic nitrogens is 2. The fourth-order valence-corrected chi connectivity index (χ4v) is 3.65. The van der Waals surface area contributed by atoms with E-state index in [1.54, 1.807) is 4.52 Å². The molecule has 3 heterocycles. The smallest absolute Gasteiger partial charge is 0.251 e. The van der Waals surface area contributed by atoms with Crippen LogP contribution in [0.15, 0.2) is 72.0 Å². The highest BCUT2D eigenvalue weighted by Gasteiger charge is 2.25. The van der Waals surface area contributed by atoms with Gasteiger partial charge in [0.05, 0.1) is 28.7 Å². The van der Waals surface area contributed by atoms with E-state index in [0.717, 1.165) is 39.2 Å². The average molecular weight is 373 g/mol. The predicted octanol–water partition coefficient (Wildman–Crippen LogP) is 4.24. The summed E-state index contributed by atoms with van der Waals surface area (Å²) in [6, 6.07) is 17.2. The van der Waals surface area contributed by atoms with Crippen molar-refractivity contribution >= 4 is 34.4 Å². The second-order valence-electron chi connectivity index (χ2n) is 6.30. The van der Waals surface area contributed by atoms with Gasteiger partial charge in [0.15, 0.2) is 0 Å². The average Bonchev–Trinajstić information content (AvgIpc) is 3.04. The minimum Gasteiger partial charge on any atom is -0.366 e. The number of hydrogen-bond acceptors (Lipinski definition) is 3. The van der Waals surface area contributed by atoms with Crippen LogP contribution in [-0.2, 0) is 0 Å². The van der Waals surface area contributed by atoms with Gasteiger partial charge in [-0.3, -0.25) is 4.79 Å². The number of aliphatic imine (C=N–C) groups is 1. The third kappa shape index (κ3) is 2.36. The molecule has 0 aliphatic carbocycles. The van der Waals surface area contributed by atoms with Gasteiger partial charge in [0.1, 0.15) is 0 Å². The zero-order chi connectivity index (χ0) is 18.5. The lowest BCUT2D eigenvalue weighted by Gasteiger charge is -2.10. The molecule has 2 N–H and O–H groups in total. The highest BCUT2D eigenvalue weighted by Crippen LogP contribution is 2.40. The number of halogens is 1. The van der Waals surface area contributed by atoms with Gasteiger partial charge in [-0.15, -0.1) is 0 Å². The largest absolute Gasteiger partial charge is 0.366 e. The molecule has 5 rings (SSSR count). The molecule has 2 aromatic carbocycles. The number of fused-ring (bicyclic) bond motifs is 2. The van der Waals surface area contributed by atoms with Crippen molar-refractivity contribution in [2.45, 2.75) is 0 Å². The Labute approximate surface area is 159 Å². The molecule has 1 aliphatic heterocycles. The first kappa shape index (κ1) is 15.8. The van der Waals surface area contributed by atoms with Gasteiger partial charge in [0.2, 0.25) is 0 Å². The molecule has 130 valence electrons. The van der Waals surface area contributed by atoms with Crippen molar-refractivity contribution in [3.8, 4) is 11.1 Å². The fraction of sp³-hybridized carbons (Fsp3) is 0. The van der Waals surface area contributed by atoms with E-state index in [1.807, 2.05) is 60.8 Å². The van der Waals surface area contributed by atoms with E-state index < -0.39 is 5.91 Å². The predicted molar refractivity (Wildman–Crippen MR) is 106 cm³/mol. The quantitative estimate of drug-likeness (QED) is 0.503. The number of primary amides is 1. The first-order chi connectivity index (χ1) is 13.1. The van der Waals surface area contributed by atoms with E-state index in [4.69, 9.17) is 22.3 Å². The number of nitrogens with two attached hydrogens (primary N) is 1. The van der Waals surface area contributed by atoms with E-state index in [-0.39, 0.29) is 0 Å². The molecule has 0 spiro atoms. The van der Waals surface area contributed by atoms with E-state index in [1.165, 1.54) is 6.20 Å². The molecule has 0 unspecified atom stereocenters. The Morgan fingerprint density at radius 3 is 2.56 bits per heavy atom. The molecule has 0 saturated carbocycles. The van der Waals surface area contributed by atoms with Crippen LogP contribution in [0.5, 0.6) is 0 Å². The zero-order valence-corrected chi connectivity index (χ0v) is 14.8. The van der Waals surface area contributed by atoms with Gasteiger partial charge in [-0.05, 0) is 24.3 Å². The molecular weight excluding hydrogens is 360 g/mol. The minimum absolute atomic E-state index is 0.377. The number of para-hydroxylation sites is 1. The summed E-state index contributed by atoms with van der Waals surface area (Å²) in [4.78, 5) is 17.0. The summed E-state index contributed by atoms with van der Waals surface area (Å²) in [5, 5.41) is 5.02. The van der Waals surface area contributed by atoms with Crippen LogP contribution in [0.3, 0.4) is 0 Å². The topological polar surface area (TPSA) is 72.8 Å². The third-order valence-electron chi connectivity index (χ3n) is 4.73. The summed E-state index contributed by atoms with van der Waals surface area (Å²) in [7, 11) is 0. The Morgan fingerprint density at radius 1 is 1.00 bits per heavy atom. The van der Waals surface area contributed by atoms with Gasteiger partial charge in [0.25, 0.3) is 5.91 Å². The zero-order valence-electron chi connectivity index (χ0n) is 14.1. The van der Waals surface area contributed by atoms with Crippen molar-refractivity contribution in [3.63, 3.8) is 0 Å². The lowest BCUT2D eigenvalue weighted by molar-refractivity contribution is 0.100. The van der Waals surface area contributed by atoms with Gasteiger partial charge >= 0.3 is 0 Å². The summed E-state index contributed by atoms with van der Waals surface area (Å²) in [6.45, 7) is 0. The second kappa shape index (κ2) is 5.79. The van der Waals surface area contributed by atoms with Crippen molar-refractivity contribution in [2.24, 2.45) is 10.7 Å². The summed E-state index contributed by atoms with van der Waals surface area (Å²) >= 11 is 6.05. The number of nitrogens with zero attached hydrogens (tertiary/aromatic N) is 3. The molecule has 27 heavy (non-hydrogen) atoms. The normalized spacial score (nSPS) is 12.4. The highest BCUT2D eigenvalue weighted by atomic mass is 35.5. The summed E-state index contributed by atoms with van der Waals surface area (Å²) in [5.41, 5.74) is 11.8. The Hall–Kier alpha value is -3.44. The van der Waals surface area contributed by atoms with Crippen LogP contribution in [-0.4, -0.2) is 21.2 Å². The number of rotatable bonds is 2. The molecule has 5 nitrogen and oxygen atoms in total. The molecule has 1 amide bonds. The number of carbonyl (C=O) groups is 1. The van der Waals surface area contributed by atoms with Gasteiger partial charge in [-0.25, -0.2) is 9.51 Å². The SMILES string of the molecule is NC(=O)c1cnn2ccc3c2c1-c1ccccc1N=C3c1ccc(Cl)cc1. The summed E-state index contributed by atoms with van der Waals surface area (Å²) < 4.78 is 1.75. The van der Waals surface area contributed by atoms with Gasteiger partial charge in [-0.1, -0.05) is 41.9 Å². The van der Waals surface area contributed by atoms with Crippen LogP contribution in [0.1, 0.15) is 21.5 Å². The van der Waals surface area contributed by atoms with Crippen molar-refractivity contribution in [1.29, 1.82) is 0 Å². The van der Waals surface area contributed by atoms with Crippen molar-refractivity contribution in [1.82, 2.24) is 9.61 Å². The number of amides is 1. The maximum absolute atomic E-state index is 12.1. The molecule has 4 aromatic rings. The van der Waals surface area contributed by atoms with Crippen LogP contribution in [0, 0.1) is 0 Å². The molecule has 0 saturated heterocycles. The first-order valence-corrected chi connectivity index (χ1v) is 8.76. The van der Waals surface area contributed by atoms with E-state index >= 15 is 0 Å². The third-order valence-corrected chi connectivity index (χ3v) is 4.98. The molecular formula is C21H13ClN4O. The molecule has 1 aliphatic rings. The monoisotopic (exact) mass is 372 g/mol. The van der Waals surface area contributed by atoms with Gasteiger partial charge in [0, 0.05) is 33.5 Å². The van der Waals surface area contributed by atoms with E-state index in [9.17, 15) is 4.79 Å². The Bertz CT molecular complexity index is 1260. The van der Waals surface area contributed by atoms with Crippen molar-refractivity contribution in [3.05, 3.63) is 88.7 Å². The summed E-state index contributed by atoms with van der Waals surface area (Å²) in [5.74, 6) is -0.517. The molecule has 2 aromatic heterocycles. The Balaban J connectivity index is 1.94. The van der Waals surface area contributed by atoms with E-state index in [2.05, 4.69) is 5.10 Å². The minimum atomic E-state index is -0.517. The van der Waals surface area contributed by atoms with Crippen LogP contribution < -0.4 is 5.73 Å². The van der Waals surface area contributed by atoms with Crippen LogP contribution in [0.25, 0.3) is 16.6 Å².